The number of nitrogens with two attached hydrogens (primary N) is 1. The molecule has 0 aliphatic carbocycles. The van der Waals surface area contributed by atoms with Gasteiger partial charge in [-0.25, -0.2) is 4.79 Å². The summed E-state index contributed by atoms with van der Waals surface area (Å²) in [5.74, 6) is -1.78. The van der Waals surface area contributed by atoms with Gasteiger partial charge in [-0.3, -0.25) is 9.59 Å². The second-order valence-corrected chi connectivity index (χ2v) is 7.28. The number of rotatable bonds is 7. The normalized spacial score (nSPS) is 14.9. The zero-order valence-electron chi connectivity index (χ0n) is 17.2. The molecule has 0 spiro atoms. The lowest BCUT2D eigenvalue weighted by molar-refractivity contribution is -0.120. The van der Waals surface area contributed by atoms with Crippen molar-refractivity contribution in [3.8, 4) is 17.2 Å². The number of nitrogens with one attached hydrogen (secondary N) is 1. The molecule has 0 bridgehead atoms. The maximum atomic E-state index is 12.5. The number of carbonyl (C=O) groups is 3. The third-order valence-electron chi connectivity index (χ3n) is 5.25. The largest absolute Gasteiger partial charge is 0.493 e. The van der Waals surface area contributed by atoms with Gasteiger partial charge in [-0.1, -0.05) is 24.3 Å². The molecule has 4 N–H and O–H groups in total. The van der Waals surface area contributed by atoms with Crippen molar-refractivity contribution in [2.75, 3.05) is 19.0 Å². The molecule has 3 aromatic rings. The van der Waals surface area contributed by atoms with Gasteiger partial charge in [0.1, 0.15) is 5.56 Å². The first-order valence-electron chi connectivity index (χ1n) is 9.82. The van der Waals surface area contributed by atoms with Crippen LogP contribution in [0.3, 0.4) is 0 Å². The molecule has 1 aliphatic heterocycles. The van der Waals surface area contributed by atoms with Crippen molar-refractivity contribution in [3.05, 3.63) is 71.5 Å². The fourth-order valence-corrected chi connectivity index (χ4v) is 3.88. The molecule has 164 valence electrons. The number of carboxylic acid groups (broad SMARTS) is 1. The molecule has 2 amide bonds. The van der Waals surface area contributed by atoms with Gasteiger partial charge in [0.05, 0.1) is 18.5 Å². The number of carbonyl (C=O) groups excluding carboxylic acids is 2. The van der Waals surface area contributed by atoms with Gasteiger partial charge in [0.2, 0.25) is 5.91 Å². The van der Waals surface area contributed by atoms with Crippen LogP contribution in [0.5, 0.6) is 11.5 Å². The van der Waals surface area contributed by atoms with Gasteiger partial charge in [0, 0.05) is 24.2 Å². The third-order valence-corrected chi connectivity index (χ3v) is 5.25. The lowest BCUT2D eigenvalue weighted by Crippen LogP contribution is -2.25. The van der Waals surface area contributed by atoms with E-state index >= 15 is 0 Å². The van der Waals surface area contributed by atoms with E-state index in [2.05, 4.69) is 5.32 Å². The first kappa shape index (κ1) is 21.0. The van der Waals surface area contributed by atoms with E-state index in [9.17, 15) is 19.5 Å². The number of benzene rings is 2. The Morgan fingerprint density at radius 1 is 1.19 bits per heavy atom. The number of hydrogen-bond donors (Lipinski definition) is 3. The van der Waals surface area contributed by atoms with E-state index < -0.39 is 17.8 Å². The Kier molecular flexibility index (Phi) is 5.55. The number of aromatic carboxylic acids is 1. The molecule has 0 saturated heterocycles. The monoisotopic (exact) mass is 435 g/mol. The molecule has 1 atom stereocenters. The van der Waals surface area contributed by atoms with Crippen molar-refractivity contribution in [2.24, 2.45) is 5.73 Å². The van der Waals surface area contributed by atoms with Crippen LogP contribution in [0, 0.1) is 0 Å². The molecular weight excluding hydrogens is 414 g/mol. The molecule has 2 aromatic carbocycles. The van der Waals surface area contributed by atoms with Crippen molar-refractivity contribution < 1.29 is 29.0 Å². The summed E-state index contributed by atoms with van der Waals surface area (Å²) in [4.78, 5) is 35.5. The Morgan fingerprint density at radius 2 is 1.94 bits per heavy atom. The first-order valence-corrected chi connectivity index (χ1v) is 9.82. The Labute approximate surface area is 183 Å². The van der Waals surface area contributed by atoms with Gasteiger partial charge >= 0.3 is 5.97 Å². The molecule has 32 heavy (non-hydrogen) atoms. The quantitative estimate of drug-likeness (QED) is 0.522. The van der Waals surface area contributed by atoms with Crippen molar-refractivity contribution in [2.45, 2.75) is 12.3 Å². The molecule has 1 aromatic heterocycles. The molecular formula is C23H21N3O6. The standard InChI is InChI=1S/C23H21N3O6/c1-31-18-9-13(7-8-17(18)32-12-19(24)27)15-10-20(28)25-21-16(23(29)30)11-26(22(15)21)14-5-3-2-4-6-14/h2-9,11,15H,10,12H2,1H3,(H2,24,27)(H,25,28)(H,29,30)/t15-/m0/s1. The predicted molar refractivity (Wildman–Crippen MR) is 116 cm³/mol. The SMILES string of the molecule is COc1cc([C@@H]2CC(=O)Nc3c(C(=O)O)cn(-c4ccccc4)c32)ccc1OCC(N)=O. The topological polar surface area (TPSA) is 133 Å². The summed E-state index contributed by atoms with van der Waals surface area (Å²) in [6.45, 7) is -0.301. The van der Waals surface area contributed by atoms with E-state index in [0.29, 0.717) is 17.2 Å². The van der Waals surface area contributed by atoms with E-state index in [1.807, 2.05) is 30.3 Å². The Morgan fingerprint density at radius 3 is 2.59 bits per heavy atom. The van der Waals surface area contributed by atoms with E-state index in [4.69, 9.17) is 15.2 Å². The van der Waals surface area contributed by atoms with Crippen molar-refractivity contribution in [1.82, 2.24) is 4.57 Å². The van der Waals surface area contributed by atoms with Crippen LogP contribution < -0.4 is 20.5 Å². The summed E-state index contributed by atoms with van der Waals surface area (Å²) in [6, 6.07) is 14.4. The number of aromatic nitrogens is 1. The van der Waals surface area contributed by atoms with Crippen LogP contribution in [0.15, 0.2) is 54.7 Å². The smallest absolute Gasteiger partial charge is 0.339 e. The summed E-state index contributed by atoms with van der Waals surface area (Å²) < 4.78 is 12.6. The number of nitrogens with zero attached hydrogens (tertiary/aromatic N) is 1. The Balaban J connectivity index is 1.85. The molecule has 2 heterocycles. The second kappa shape index (κ2) is 8.46. The lowest BCUT2D eigenvalue weighted by atomic mass is 9.88. The van der Waals surface area contributed by atoms with Crippen LogP contribution >= 0.6 is 0 Å². The van der Waals surface area contributed by atoms with Crippen LogP contribution in [0.2, 0.25) is 0 Å². The zero-order chi connectivity index (χ0) is 22.8. The highest BCUT2D eigenvalue weighted by atomic mass is 16.5. The fourth-order valence-electron chi connectivity index (χ4n) is 3.88. The molecule has 0 radical (unpaired) electrons. The number of fused-ring (bicyclic) bond motifs is 1. The summed E-state index contributed by atoms with van der Waals surface area (Å²) in [5, 5.41) is 12.5. The number of anilines is 1. The summed E-state index contributed by atoms with van der Waals surface area (Å²) >= 11 is 0. The summed E-state index contributed by atoms with van der Waals surface area (Å²) in [6.07, 6.45) is 1.63. The highest BCUT2D eigenvalue weighted by Crippen LogP contribution is 2.43. The van der Waals surface area contributed by atoms with E-state index in [1.165, 1.54) is 13.3 Å². The lowest BCUT2D eigenvalue weighted by Gasteiger charge is -2.26. The molecule has 1 aliphatic rings. The zero-order valence-corrected chi connectivity index (χ0v) is 17.2. The van der Waals surface area contributed by atoms with Crippen molar-refractivity contribution in [1.29, 1.82) is 0 Å². The highest BCUT2D eigenvalue weighted by Gasteiger charge is 2.34. The minimum atomic E-state index is -1.13. The van der Waals surface area contributed by atoms with E-state index in [0.717, 1.165) is 11.3 Å². The first-order chi connectivity index (χ1) is 15.4. The highest BCUT2D eigenvalue weighted by molar-refractivity contribution is 6.04. The third kappa shape index (κ3) is 3.87. The van der Waals surface area contributed by atoms with Crippen LogP contribution in [0.1, 0.15) is 34.0 Å². The summed E-state index contributed by atoms with van der Waals surface area (Å²) in [7, 11) is 1.46. The van der Waals surface area contributed by atoms with Gasteiger partial charge < -0.3 is 30.2 Å². The van der Waals surface area contributed by atoms with Crippen molar-refractivity contribution in [3.63, 3.8) is 0 Å². The maximum Gasteiger partial charge on any atom is 0.339 e. The number of carboxylic acids is 1. The van der Waals surface area contributed by atoms with Crippen molar-refractivity contribution >= 4 is 23.5 Å². The minimum absolute atomic E-state index is 0.00952. The molecule has 0 fully saturated rings. The predicted octanol–water partition coefficient (Wildman–Crippen LogP) is 2.52. The number of primary amides is 1. The van der Waals surface area contributed by atoms with Crippen LogP contribution in [0.4, 0.5) is 5.69 Å². The van der Waals surface area contributed by atoms with Gasteiger partial charge in [0.25, 0.3) is 5.91 Å². The average molecular weight is 435 g/mol. The summed E-state index contributed by atoms with van der Waals surface area (Å²) in [5.41, 5.74) is 7.58. The average Bonchev–Trinajstić information content (AvgIpc) is 3.17. The molecule has 9 heteroatoms. The molecule has 9 nitrogen and oxygen atoms in total. The molecule has 0 unspecified atom stereocenters. The Bertz CT molecular complexity index is 1200. The van der Waals surface area contributed by atoms with Crippen LogP contribution in [0.25, 0.3) is 5.69 Å². The van der Waals surface area contributed by atoms with Gasteiger partial charge in [0.15, 0.2) is 18.1 Å². The number of methoxy groups -OCH3 is 1. The number of amides is 2. The van der Waals surface area contributed by atoms with Crippen LogP contribution in [-0.2, 0) is 9.59 Å². The molecule has 0 saturated carbocycles. The van der Waals surface area contributed by atoms with Gasteiger partial charge in [-0.15, -0.1) is 0 Å². The second-order valence-electron chi connectivity index (χ2n) is 7.28. The fraction of sp³-hybridized carbons (Fsp3) is 0.174. The van der Waals surface area contributed by atoms with Gasteiger partial charge in [-0.2, -0.15) is 0 Å². The molecule has 4 rings (SSSR count). The maximum absolute atomic E-state index is 12.5. The number of hydrogen-bond acceptors (Lipinski definition) is 5. The van der Waals surface area contributed by atoms with E-state index in [-0.39, 0.29) is 30.2 Å². The Hall–Kier alpha value is -4.27. The van der Waals surface area contributed by atoms with E-state index in [1.54, 1.807) is 22.8 Å². The van der Waals surface area contributed by atoms with Gasteiger partial charge in [-0.05, 0) is 29.8 Å². The van der Waals surface area contributed by atoms with Crippen LogP contribution in [-0.4, -0.2) is 41.2 Å². The number of ether oxygens (including phenoxy) is 2. The number of para-hydroxylation sites is 1. The minimum Gasteiger partial charge on any atom is -0.493 e.